The highest BCUT2D eigenvalue weighted by molar-refractivity contribution is 5.98. The van der Waals surface area contributed by atoms with Crippen molar-refractivity contribution in [2.45, 2.75) is 71.0 Å². The maximum atomic E-state index is 13.8. The number of nitrogens with one attached hydrogen (secondary N) is 2. The van der Waals surface area contributed by atoms with Gasteiger partial charge in [-0.1, -0.05) is 65.0 Å². The summed E-state index contributed by atoms with van der Waals surface area (Å²) in [6, 6.07) is 13.0. The summed E-state index contributed by atoms with van der Waals surface area (Å²) in [7, 11) is 1.51. The summed E-state index contributed by atoms with van der Waals surface area (Å²) in [6.07, 6.45) is 1.84. The molecule has 10 heteroatoms. The molecule has 0 saturated carbocycles. The van der Waals surface area contributed by atoms with Crippen LogP contribution in [0, 0.1) is 11.7 Å². The summed E-state index contributed by atoms with van der Waals surface area (Å²) in [6.45, 7) is 9.52. The minimum Gasteiger partial charge on any atom is -0.508 e. The number of hydrogen-bond acceptors (Lipinski definition) is 6. The van der Waals surface area contributed by atoms with Gasteiger partial charge in [0.05, 0.1) is 6.04 Å². The van der Waals surface area contributed by atoms with Crippen LogP contribution in [-0.2, 0) is 32.6 Å². The van der Waals surface area contributed by atoms with Crippen LogP contribution in [0.3, 0.4) is 0 Å². The molecular formula is C33H42FN5O4. The molecule has 0 aliphatic carbocycles. The second kappa shape index (κ2) is 14.2. The van der Waals surface area contributed by atoms with E-state index >= 15 is 0 Å². The second-order valence-electron chi connectivity index (χ2n) is 12.1. The first-order valence-electron chi connectivity index (χ1n) is 14.3. The molecule has 0 radical (unpaired) electrons. The molecule has 0 fully saturated rings. The molecule has 1 aromatic heterocycles. The highest BCUT2D eigenvalue weighted by Gasteiger charge is 2.34. The summed E-state index contributed by atoms with van der Waals surface area (Å²) in [4.78, 5) is 46.0. The SMILES string of the molecule is CC(C)[C@@H](C(=O)N[C@@H](Cc1ccc(O)c(C(C)(C)C)c1)C(=O)Nc1ccccn1)N(C)C(=O)[C@@H](N)Cc1ccc(F)cc1. The number of aromatic nitrogens is 1. The van der Waals surface area contributed by atoms with Gasteiger partial charge < -0.3 is 26.4 Å². The van der Waals surface area contributed by atoms with Crippen LogP contribution in [0.15, 0.2) is 66.9 Å². The molecule has 3 rings (SSSR count). The minimum absolute atomic E-state index is 0.125. The zero-order valence-corrected chi connectivity index (χ0v) is 25.6. The predicted molar refractivity (Wildman–Crippen MR) is 165 cm³/mol. The molecule has 5 N–H and O–H groups in total. The van der Waals surface area contributed by atoms with Crippen molar-refractivity contribution in [3.63, 3.8) is 0 Å². The van der Waals surface area contributed by atoms with E-state index in [9.17, 15) is 23.9 Å². The minimum atomic E-state index is -1.02. The molecule has 0 unspecified atom stereocenters. The molecule has 3 amide bonds. The van der Waals surface area contributed by atoms with Gasteiger partial charge in [0.25, 0.3) is 0 Å². The van der Waals surface area contributed by atoms with Crippen LogP contribution in [0.4, 0.5) is 10.2 Å². The third-order valence-corrected chi connectivity index (χ3v) is 7.21. The molecular weight excluding hydrogens is 549 g/mol. The number of halogens is 1. The van der Waals surface area contributed by atoms with Gasteiger partial charge in [-0.05, 0) is 64.8 Å². The number of likely N-dealkylation sites (N-methyl/N-ethyl adjacent to an activating group) is 1. The third-order valence-electron chi connectivity index (χ3n) is 7.21. The maximum absolute atomic E-state index is 13.8. The van der Waals surface area contributed by atoms with E-state index in [1.165, 1.54) is 24.1 Å². The average molecular weight is 592 g/mol. The number of aromatic hydroxyl groups is 1. The Morgan fingerprint density at radius 1 is 0.977 bits per heavy atom. The number of phenolic OH excluding ortho intramolecular Hbond substituents is 1. The number of phenols is 1. The number of carbonyl (C=O) groups excluding carboxylic acids is 3. The van der Waals surface area contributed by atoms with Gasteiger partial charge in [-0.2, -0.15) is 0 Å². The number of hydrogen-bond donors (Lipinski definition) is 4. The van der Waals surface area contributed by atoms with Crippen LogP contribution in [0.25, 0.3) is 0 Å². The van der Waals surface area contributed by atoms with Gasteiger partial charge in [0.1, 0.15) is 29.5 Å². The lowest BCUT2D eigenvalue weighted by atomic mass is 9.84. The van der Waals surface area contributed by atoms with Crippen LogP contribution in [0.1, 0.15) is 51.3 Å². The molecule has 0 spiro atoms. The van der Waals surface area contributed by atoms with Gasteiger partial charge in [-0.15, -0.1) is 0 Å². The van der Waals surface area contributed by atoms with Crippen molar-refractivity contribution >= 4 is 23.5 Å². The molecule has 1 heterocycles. The van der Waals surface area contributed by atoms with E-state index in [-0.39, 0.29) is 35.7 Å². The normalized spacial score (nSPS) is 13.6. The van der Waals surface area contributed by atoms with E-state index in [0.29, 0.717) is 16.9 Å². The number of carbonyl (C=O) groups is 3. The Morgan fingerprint density at radius 2 is 1.63 bits per heavy atom. The van der Waals surface area contributed by atoms with Crippen LogP contribution < -0.4 is 16.4 Å². The maximum Gasteiger partial charge on any atom is 0.248 e. The second-order valence-corrected chi connectivity index (χ2v) is 12.1. The topological polar surface area (TPSA) is 138 Å². The molecule has 0 aliphatic rings. The molecule has 0 aliphatic heterocycles. The van der Waals surface area contributed by atoms with E-state index in [1.54, 1.807) is 62.5 Å². The lowest BCUT2D eigenvalue weighted by Gasteiger charge is -2.33. The Hall–Kier alpha value is -4.31. The van der Waals surface area contributed by atoms with Gasteiger partial charge >= 0.3 is 0 Å². The Kier molecular flexibility index (Phi) is 11.0. The molecule has 3 atom stereocenters. The van der Waals surface area contributed by atoms with Crippen molar-refractivity contribution in [3.8, 4) is 5.75 Å². The molecule has 0 bridgehead atoms. The Bertz CT molecular complexity index is 1410. The van der Waals surface area contributed by atoms with Crippen LogP contribution in [0.2, 0.25) is 0 Å². The highest BCUT2D eigenvalue weighted by Crippen LogP contribution is 2.31. The number of rotatable bonds is 11. The van der Waals surface area contributed by atoms with Crippen molar-refractivity contribution in [2.75, 3.05) is 12.4 Å². The average Bonchev–Trinajstić information content (AvgIpc) is 2.94. The van der Waals surface area contributed by atoms with Gasteiger partial charge in [0, 0.05) is 19.7 Å². The van der Waals surface area contributed by atoms with Crippen molar-refractivity contribution in [3.05, 3.63) is 89.4 Å². The number of nitrogens with two attached hydrogens (primary N) is 1. The number of anilines is 1. The van der Waals surface area contributed by atoms with Crippen molar-refractivity contribution in [2.24, 2.45) is 11.7 Å². The summed E-state index contributed by atoms with van der Waals surface area (Å²) in [5.41, 5.74) is 8.00. The molecule has 3 aromatic rings. The lowest BCUT2D eigenvalue weighted by molar-refractivity contribution is -0.142. The summed E-state index contributed by atoms with van der Waals surface area (Å²) in [5.74, 6) is -1.69. The molecule has 0 saturated heterocycles. The van der Waals surface area contributed by atoms with Crippen LogP contribution in [-0.4, -0.2) is 57.9 Å². The zero-order valence-electron chi connectivity index (χ0n) is 25.6. The Morgan fingerprint density at radius 3 is 2.21 bits per heavy atom. The quantitative estimate of drug-likeness (QED) is 0.267. The van der Waals surface area contributed by atoms with Crippen LogP contribution >= 0.6 is 0 Å². The monoisotopic (exact) mass is 591 g/mol. The number of amides is 3. The molecule has 9 nitrogen and oxygen atoms in total. The van der Waals surface area contributed by atoms with Crippen molar-refractivity contribution in [1.82, 2.24) is 15.2 Å². The van der Waals surface area contributed by atoms with Crippen molar-refractivity contribution < 1.29 is 23.9 Å². The summed E-state index contributed by atoms with van der Waals surface area (Å²) in [5, 5.41) is 16.0. The van der Waals surface area contributed by atoms with E-state index < -0.39 is 35.8 Å². The number of benzene rings is 2. The first-order chi connectivity index (χ1) is 20.2. The predicted octanol–water partition coefficient (Wildman–Crippen LogP) is 3.94. The molecule has 2 aromatic carbocycles. The lowest BCUT2D eigenvalue weighted by Crippen LogP contribution is -2.57. The summed E-state index contributed by atoms with van der Waals surface area (Å²) >= 11 is 0. The first kappa shape index (κ1) is 33.2. The van der Waals surface area contributed by atoms with E-state index in [4.69, 9.17) is 5.73 Å². The molecule has 230 valence electrons. The number of nitrogens with zero attached hydrogens (tertiary/aromatic N) is 2. The Labute approximate surface area is 252 Å². The third kappa shape index (κ3) is 9.09. The zero-order chi connectivity index (χ0) is 31.9. The smallest absolute Gasteiger partial charge is 0.248 e. The van der Waals surface area contributed by atoms with Crippen LogP contribution in [0.5, 0.6) is 5.75 Å². The standard InChI is InChI=1S/C33H42FN5O4/c1-20(2)29(39(6)32(43)25(35)18-21-10-13-23(34)14-11-21)31(42)37-26(30(41)38-28-9-7-8-16-36-28)19-22-12-15-27(40)24(17-22)33(3,4)5/h7-17,20,25-26,29,40H,18-19,35H2,1-6H3,(H,37,42)(H,36,38,41)/t25-,26-,29-/m0/s1. The Balaban J connectivity index is 1.85. The van der Waals surface area contributed by atoms with Gasteiger partial charge in [0.15, 0.2) is 0 Å². The largest absolute Gasteiger partial charge is 0.508 e. The molecule has 43 heavy (non-hydrogen) atoms. The fourth-order valence-electron chi connectivity index (χ4n) is 4.95. The van der Waals surface area contributed by atoms with Gasteiger partial charge in [0.2, 0.25) is 17.7 Å². The fraction of sp³-hybridized carbons (Fsp3) is 0.394. The first-order valence-corrected chi connectivity index (χ1v) is 14.3. The van der Waals surface area contributed by atoms with E-state index in [2.05, 4.69) is 15.6 Å². The number of pyridine rings is 1. The fourth-order valence-corrected chi connectivity index (χ4v) is 4.95. The van der Waals surface area contributed by atoms with E-state index in [0.717, 1.165) is 5.56 Å². The summed E-state index contributed by atoms with van der Waals surface area (Å²) < 4.78 is 13.3. The highest BCUT2D eigenvalue weighted by atomic mass is 19.1. The van der Waals surface area contributed by atoms with Gasteiger partial charge in [-0.3, -0.25) is 14.4 Å². The van der Waals surface area contributed by atoms with Gasteiger partial charge in [-0.25, -0.2) is 9.37 Å². The van der Waals surface area contributed by atoms with Crippen molar-refractivity contribution in [1.29, 1.82) is 0 Å². The van der Waals surface area contributed by atoms with E-state index in [1.807, 2.05) is 26.8 Å².